The van der Waals surface area contributed by atoms with Crippen molar-refractivity contribution in [1.29, 1.82) is 0 Å². The van der Waals surface area contributed by atoms with Gasteiger partial charge in [-0.2, -0.15) is 0 Å². The first kappa shape index (κ1) is 14.1. The lowest BCUT2D eigenvalue weighted by molar-refractivity contribution is 1.05. The van der Waals surface area contributed by atoms with Crippen molar-refractivity contribution in [2.45, 2.75) is 13.5 Å². The summed E-state index contributed by atoms with van der Waals surface area (Å²) in [6.45, 7) is 2.68. The second kappa shape index (κ2) is 5.62. The molecule has 0 saturated carbocycles. The maximum atomic E-state index is 4.67. The highest BCUT2D eigenvalue weighted by Crippen LogP contribution is 2.23. The van der Waals surface area contributed by atoms with E-state index < -0.39 is 0 Å². The quantitative estimate of drug-likeness (QED) is 0.595. The number of nitrogens with one attached hydrogen (secondary N) is 1. The van der Waals surface area contributed by atoms with Gasteiger partial charge in [0.1, 0.15) is 17.8 Å². The van der Waals surface area contributed by atoms with Crippen LogP contribution in [-0.2, 0) is 6.54 Å². The van der Waals surface area contributed by atoms with Crippen LogP contribution in [0.4, 0.5) is 5.82 Å². The minimum absolute atomic E-state index is 0.611. The van der Waals surface area contributed by atoms with Gasteiger partial charge in [0.15, 0.2) is 0 Å². The fourth-order valence-electron chi connectivity index (χ4n) is 2.63. The Morgan fingerprint density at radius 2 is 2.13 bits per heavy atom. The normalized spacial score (nSPS) is 11.2. The van der Waals surface area contributed by atoms with Gasteiger partial charge in [-0.1, -0.05) is 22.0 Å². The Balaban J connectivity index is 1.65. The molecule has 5 nitrogen and oxygen atoms in total. The summed E-state index contributed by atoms with van der Waals surface area (Å²) in [5, 5.41) is 4.35. The van der Waals surface area contributed by atoms with Crippen molar-refractivity contribution in [3.63, 3.8) is 0 Å². The van der Waals surface area contributed by atoms with Crippen LogP contribution in [0.2, 0.25) is 0 Å². The number of aromatic nitrogens is 4. The van der Waals surface area contributed by atoms with Crippen molar-refractivity contribution < 1.29 is 0 Å². The Bertz CT molecular complexity index is 1010. The van der Waals surface area contributed by atoms with Crippen molar-refractivity contribution >= 4 is 38.3 Å². The fraction of sp³-hybridized carbons (Fsp3) is 0.118. The van der Waals surface area contributed by atoms with Gasteiger partial charge in [-0.25, -0.2) is 15.0 Å². The van der Waals surface area contributed by atoms with Gasteiger partial charge in [0.25, 0.3) is 0 Å². The van der Waals surface area contributed by atoms with Crippen LogP contribution in [-0.4, -0.2) is 19.4 Å². The van der Waals surface area contributed by atoms with E-state index in [2.05, 4.69) is 49.2 Å². The average Bonchev–Trinajstić information content (AvgIpc) is 2.97. The lowest BCUT2D eigenvalue weighted by Gasteiger charge is -2.07. The summed E-state index contributed by atoms with van der Waals surface area (Å²) in [5.41, 5.74) is 4.03. The summed E-state index contributed by atoms with van der Waals surface area (Å²) in [7, 11) is 0. The Labute approximate surface area is 141 Å². The first-order valence-electron chi connectivity index (χ1n) is 7.28. The highest BCUT2D eigenvalue weighted by molar-refractivity contribution is 9.10. The fourth-order valence-corrected chi connectivity index (χ4v) is 2.99. The zero-order valence-electron chi connectivity index (χ0n) is 12.5. The topological polar surface area (TPSA) is 55.1 Å². The molecule has 114 valence electrons. The van der Waals surface area contributed by atoms with Crippen LogP contribution < -0.4 is 5.32 Å². The van der Waals surface area contributed by atoms with E-state index in [1.165, 1.54) is 0 Å². The largest absolute Gasteiger partial charge is 0.364 e. The zero-order chi connectivity index (χ0) is 15.8. The number of pyridine rings is 1. The lowest BCUT2D eigenvalue weighted by atomic mass is 10.2. The van der Waals surface area contributed by atoms with E-state index in [0.717, 1.165) is 38.1 Å². The predicted octanol–water partition coefficient (Wildman–Crippen LogP) is 3.96. The molecule has 0 saturated heterocycles. The Morgan fingerprint density at radius 1 is 1.22 bits per heavy atom. The highest BCUT2D eigenvalue weighted by Gasteiger charge is 2.07. The van der Waals surface area contributed by atoms with Gasteiger partial charge in [-0.3, -0.25) is 0 Å². The van der Waals surface area contributed by atoms with Gasteiger partial charge in [-0.05, 0) is 36.8 Å². The van der Waals surface area contributed by atoms with E-state index in [1.807, 2.05) is 41.1 Å². The lowest BCUT2D eigenvalue weighted by Crippen LogP contribution is -2.02. The van der Waals surface area contributed by atoms with Crippen LogP contribution in [0, 0.1) is 6.92 Å². The molecule has 0 unspecified atom stereocenters. The van der Waals surface area contributed by atoms with Crippen LogP contribution in [0.1, 0.15) is 11.3 Å². The summed E-state index contributed by atoms with van der Waals surface area (Å²) in [5.74, 6) is 0.810. The maximum absolute atomic E-state index is 4.67. The first-order chi connectivity index (χ1) is 11.2. The van der Waals surface area contributed by atoms with Gasteiger partial charge >= 0.3 is 0 Å². The number of hydrogen-bond donors (Lipinski definition) is 1. The minimum Gasteiger partial charge on any atom is -0.364 e. The molecule has 6 heteroatoms. The van der Waals surface area contributed by atoms with Crippen LogP contribution in [0.15, 0.2) is 53.5 Å². The molecule has 0 bridgehead atoms. The highest BCUT2D eigenvalue weighted by atomic mass is 79.9. The maximum Gasteiger partial charge on any atom is 0.140 e. The summed E-state index contributed by atoms with van der Waals surface area (Å²) in [6.07, 6.45) is 5.62. The zero-order valence-corrected chi connectivity index (χ0v) is 14.1. The summed E-state index contributed by atoms with van der Waals surface area (Å²) in [4.78, 5) is 13.3. The molecule has 3 aromatic heterocycles. The van der Waals surface area contributed by atoms with Gasteiger partial charge in [0, 0.05) is 22.3 Å². The van der Waals surface area contributed by atoms with Crippen LogP contribution in [0.5, 0.6) is 0 Å². The number of rotatable bonds is 3. The molecule has 0 atom stereocenters. The minimum atomic E-state index is 0.611. The van der Waals surface area contributed by atoms with Crippen LogP contribution in [0.25, 0.3) is 16.6 Å². The average molecular weight is 368 g/mol. The van der Waals surface area contributed by atoms with Crippen LogP contribution in [0.3, 0.4) is 0 Å². The van der Waals surface area contributed by atoms with Crippen molar-refractivity contribution in [1.82, 2.24) is 19.4 Å². The molecule has 1 aromatic carbocycles. The summed E-state index contributed by atoms with van der Waals surface area (Å²) in [6, 6.07) is 10.1. The van der Waals surface area contributed by atoms with E-state index >= 15 is 0 Å². The summed E-state index contributed by atoms with van der Waals surface area (Å²) >= 11 is 3.49. The second-order valence-electron chi connectivity index (χ2n) is 5.39. The molecule has 0 aliphatic rings. The summed E-state index contributed by atoms with van der Waals surface area (Å²) < 4.78 is 3.05. The number of fused-ring (bicyclic) bond motifs is 2. The number of halogens is 1. The Morgan fingerprint density at radius 3 is 3.00 bits per heavy atom. The molecule has 23 heavy (non-hydrogen) atoms. The number of hydrogen-bond acceptors (Lipinski definition) is 4. The third-order valence-corrected chi connectivity index (χ3v) is 4.26. The molecule has 0 radical (unpaired) electrons. The van der Waals surface area contributed by atoms with E-state index in [-0.39, 0.29) is 0 Å². The van der Waals surface area contributed by atoms with Crippen molar-refractivity contribution in [2.75, 3.05) is 5.32 Å². The third-order valence-electron chi connectivity index (χ3n) is 3.76. The molecule has 0 aliphatic carbocycles. The second-order valence-corrected chi connectivity index (χ2v) is 6.31. The molecule has 3 heterocycles. The SMILES string of the molecule is Cc1cccn2cc(CNc3ncnc4ccc(Br)cc34)nc12. The van der Waals surface area contributed by atoms with Crippen molar-refractivity contribution in [3.8, 4) is 0 Å². The van der Waals surface area contributed by atoms with E-state index in [9.17, 15) is 0 Å². The van der Waals surface area contributed by atoms with Gasteiger partial charge < -0.3 is 9.72 Å². The number of nitrogens with zero attached hydrogens (tertiary/aromatic N) is 4. The number of aryl methyl sites for hydroxylation is 1. The third kappa shape index (κ3) is 2.66. The molecular weight excluding hydrogens is 354 g/mol. The van der Waals surface area contributed by atoms with Crippen molar-refractivity contribution in [2.24, 2.45) is 0 Å². The van der Waals surface area contributed by atoms with E-state index in [4.69, 9.17) is 0 Å². The van der Waals surface area contributed by atoms with Gasteiger partial charge in [0.05, 0.1) is 17.8 Å². The first-order valence-corrected chi connectivity index (χ1v) is 8.07. The van der Waals surface area contributed by atoms with Gasteiger partial charge in [0.2, 0.25) is 0 Å². The standard InChI is InChI=1S/C17H14BrN5/c1-11-3-2-6-23-9-13(22-17(11)23)8-19-16-14-7-12(18)4-5-15(14)20-10-21-16/h2-7,9-10H,8H2,1H3,(H,19,20,21). The smallest absolute Gasteiger partial charge is 0.140 e. The predicted molar refractivity (Wildman–Crippen MR) is 94.5 cm³/mol. The molecule has 0 amide bonds. The number of anilines is 1. The molecule has 4 aromatic rings. The van der Waals surface area contributed by atoms with E-state index in [1.54, 1.807) is 6.33 Å². The molecule has 0 aliphatic heterocycles. The molecule has 0 fully saturated rings. The Kier molecular flexibility index (Phi) is 3.46. The molecule has 1 N–H and O–H groups in total. The van der Waals surface area contributed by atoms with Gasteiger partial charge in [-0.15, -0.1) is 0 Å². The molecule has 0 spiro atoms. The Hall–Kier alpha value is -2.47. The number of imidazole rings is 1. The molecule has 4 rings (SSSR count). The van der Waals surface area contributed by atoms with Crippen molar-refractivity contribution in [3.05, 3.63) is 64.8 Å². The monoisotopic (exact) mass is 367 g/mol. The number of benzene rings is 1. The van der Waals surface area contributed by atoms with Crippen LogP contribution >= 0.6 is 15.9 Å². The van der Waals surface area contributed by atoms with E-state index in [0.29, 0.717) is 6.54 Å². The molecular formula is C17H14BrN5.